The van der Waals surface area contributed by atoms with E-state index in [-0.39, 0.29) is 12.4 Å². The Morgan fingerprint density at radius 1 is 1.44 bits per heavy atom. The average Bonchev–Trinajstić information content (AvgIpc) is 2.66. The first-order chi connectivity index (χ1) is 7.78. The van der Waals surface area contributed by atoms with Gasteiger partial charge in [-0.15, -0.1) is 0 Å². The first-order valence-electron chi connectivity index (χ1n) is 4.65. The second-order valence-corrected chi connectivity index (χ2v) is 3.22. The topological polar surface area (TPSA) is 74.2 Å². The van der Waals surface area contributed by atoms with Gasteiger partial charge in [0.2, 0.25) is 0 Å². The highest BCUT2D eigenvalue weighted by molar-refractivity contribution is 5.19. The zero-order chi connectivity index (χ0) is 11.4. The molecule has 5 nitrogen and oxygen atoms in total. The molecule has 0 aliphatic heterocycles. The minimum Gasteiger partial charge on any atom is -0.337 e. The fourth-order valence-electron chi connectivity index (χ4n) is 1.32. The Bertz CT molecular complexity index is 473. The van der Waals surface area contributed by atoms with Gasteiger partial charge >= 0.3 is 0 Å². The van der Waals surface area contributed by atoms with Gasteiger partial charge in [0.15, 0.2) is 5.82 Å². The monoisotopic (exact) mass is 223 g/mol. The normalized spacial score (nSPS) is 10.6. The average molecular weight is 223 g/mol. The minimum absolute atomic E-state index is 0.0656. The molecule has 0 spiro atoms. The molecule has 0 saturated heterocycles. The summed E-state index contributed by atoms with van der Waals surface area (Å²) in [5.41, 5.74) is 0.779. The molecule has 2 N–H and O–H groups in total. The van der Waals surface area contributed by atoms with Crippen LogP contribution < -0.4 is 5.90 Å². The quantitative estimate of drug-likeness (QED) is 0.788. The van der Waals surface area contributed by atoms with Gasteiger partial charge in [-0.25, -0.2) is 10.3 Å². The highest BCUT2D eigenvalue weighted by atomic mass is 19.1. The van der Waals surface area contributed by atoms with Crippen LogP contribution in [0.3, 0.4) is 0 Å². The minimum atomic E-state index is -0.286. The van der Waals surface area contributed by atoms with Crippen molar-refractivity contribution in [1.29, 1.82) is 0 Å². The van der Waals surface area contributed by atoms with Crippen molar-refractivity contribution >= 4 is 0 Å². The van der Waals surface area contributed by atoms with Crippen LogP contribution in [-0.4, -0.2) is 10.1 Å². The van der Waals surface area contributed by atoms with Gasteiger partial charge in [0.1, 0.15) is 12.4 Å². The highest BCUT2D eigenvalue weighted by Crippen LogP contribution is 2.08. The SMILES string of the molecule is NOCc1nc(Cc2cccc(F)c2)no1. The number of nitrogens with zero attached hydrogens (tertiary/aromatic N) is 2. The summed E-state index contributed by atoms with van der Waals surface area (Å²) in [5.74, 6) is 5.35. The van der Waals surface area contributed by atoms with Gasteiger partial charge in [-0.2, -0.15) is 4.98 Å². The van der Waals surface area contributed by atoms with E-state index < -0.39 is 0 Å². The van der Waals surface area contributed by atoms with Crippen molar-refractivity contribution in [3.8, 4) is 0 Å². The molecule has 0 amide bonds. The number of halogens is 1. The molecule has 16 heavy (non-hydrogen) atoms. The molecule has 0 aliphatic rings. The van der Waals surface area contributed by atoms with Crippen LogP contribution in [0.25, 0.3) is 0 Å². The van der Waals surface area contributed by atoms with Crippen molar-refractivity contribution in [3.63, 3.8) is 0 Å². The van der Waals surface area contributed by atoms with Crippen LogP contribution in [0.15, 0.2) is 28.8 Å². The zero-order valence-corrected chi connectivity index (χ0v) is 8.39. The summed E-state index contributed by atoms with van der Waals surface area (Å²) in [7, 11) is 0. The molecule has 0 atom stereocenters. The molecule has 0 fully saturated rings. The lowest BCUT2D eigenvalue weighted by molar-refractivity contribution is 0.0995. The molecule has 84 valence electrons. The lowest BCUT2D eigenvalue weighted by Crippen LogP contribution is -1.99. The summed E-state index contributed by atoms with van der Waals surface area (Å²) in [6, 6.07) is 6.23. The fraction of sp³-hybridized carbons (Fsp3) is 0.200. The van der Waals surface area contributed by atoms with Gasteiger partial charge in [-0.1, -0.05) is 17.3 Å². The van der Waals surface area contributed by atoms with Crippen LogP contribution in [0.1, 0.15) is 17.3 Å². The molecule has 2 rings (SSSR count). The molecule has 0 radical (unpaired) electrons. The second-order valence-electron chi connectivity index (χ2n) is 3.22. The van der Waals surface area contributed by atoms with Crippen molar-refractivity contribution in [3.05, 3.63) is 47.4 Å². The molecular formula is C10H10FN3O2. The standard InChI is InChI=1S/C10H10FN3O2/c11-8-3-1-2-7(4-8)5-9-13-10(6-15-12)16-14-9/h1-4H,5-6,12H2. The van der Waals surface area contributed by atoms with E-state index in [1.54, 1.807) is 12.1 Å². The highest BCUT2D eigenvalue weighted by Gasteiger charge is 2.07. The molecule has 0 aliphatic carbocycles. The maximum absolute atomic E-state index is 12.9. The Morgan fingerprint density at radius 2 is 2.31 bits per heavy atom. The molecule has 1 heterocycles. The summed E-state index contributed by atoms with van der Waals surface area (Å²) < 4.78 is 17.7. The lowest BCUT2D eigenvalue weighted by Gasteiger charge is -1.95. The van der Waals surface area contributed by atoms with Gasteiger partial charge < -0.3 is 4.52 Å². The third-order valence-corrected chi connectivity index (χ3v) is 1.97. The van der Waals surface area contributed by atoms with E-state index in [0.717, 1.165) is 5.56 Å². The smallest absolute Gasteiger partial charge is 0.254 e. The third kappa shape index (κ3) is 2.62. The van der Waals surface area contributed by atoms with Crippen LogP contribution in [0, 0.1) is 5.82 Å². The second kappa shape index (κ2) is 4.82. The van der Waals surface area contributed by atoms with Crippen LogP contribution in [-0.2, 0) is 17.9 Å². The van der Waals surface area contributed by atoms with Crippen LogP contribution >= 0.6 is 0 Å². The van der Waals surface area contributed by atoms with E-state index in [4.69, 9.17) is 10.4 Å². The van der Waals surface area contributed by atoms with Crippen LogP contribution in [0.4, 0.5) is 4.39 Å². The van der Waals surface area contributed by atoms with Gasteiger partial charge in [-0.3, -0.25) is 4.84 Å². The lowest BCUT2D eigenvalue weighted by atomic mass is 10.1. The van der Waals surface area contributed by atoms with E-state index in [0.29, 0.717) is 18.1 Å². The molecule has 6 heteroatoms. The Labute approximate surface area is 91.0 Å². The van der Waals surface area contributed by atoms with E-state index >= 15 is 0 Å². The first-order valence-corrected chi connectivity index (χ1v) is 4.65. The number of benzene rings is 1. The van der Waals surface area contributed by atoms with Crippen LogP contribution in [0.5, 0.6) is 0 Å². The molecule has 0 bridgehead atoms. The number of rotatable bonds is 4. The Hall–Kier alpha value is -1.79. The van der Waals surface area contributed by atoms with Gasteiger partial charge in [0.25, 0.3) is 5.89 Å². The van der Waals surface area contributed by atoms with E-state index in [9.17, 15) is 4.39 Å². The van der Waals surface area contributed by atoms with Crippen molar-refractivity contribution < 1.29 is 13.8 Å². The Kier molecular flexibility index (Phi) is 3.23. The van der Waals surface area contributed by atoms with Gasteiger partial charge in [0.05, 0.1) is 0 Å². The summed E-state index contributed by atoms with van der Waals surface area (Å²) in [5, 5.41) is 3.72. The molecule has 1 aromatic carbocycles. The van der Waals surface area contributed by atoms with Crippen LogP contribution in [0.2, 0.25) is 0 Å². The van der Waals surface area contributed by atoms with Crippen molar-refractivity contribution in [2.45, 2.75) is 13.0 Å². The van der Waals surface area contributed by atoms with E-state index in [2.05, 4.69) is 15.0 Å². The van der Waals surface area contributed by atoms with Gasteiger partial charge in [-0.05, 0) is 17.7 Å². The predicted molar refractivity (Wildman–Crippen MR) is 52.5 cm³/mol. The summed E-state index contributed by atoms with van der Waals surface area (Å²) in [4.78, 5) is 8.37. The Morgan fingerprint density at radius 3 is 3.06 bits per heavy atom. The maximum atomic E-state index is 12.9. The van der Waals surface area contributed by atoms with E-state index in [1.807, 2.05) is 0 Å². The molecule has 2 aromatic rings. The molecule has 0 unspecified atom stereocenters. The number of aromatic nitrogens is 2. The number of hydrogen-bond donors (Lipinski definition) is 1. The summed E-state index contributed by atoms with van der Waals surface area (Å²) in [6.07, 6.45) is 0.409. The third-order valence-electron chi connectivity index (χ3n) is 1.97. The van der Waals surface area contributed by atoms with Crippen molar-refractivity contribution in [1.82, 2.24) is 10.1 Å². The number of hydrogen-bond acceptors (Lipinski definition) is 5. The molecule has 0 saturated carbocycles. The van der Waals surface area contributed by atoms with Crippen molar-refractivity contribution in [2.75, 3.05) is 0 Å². The molecule has 1 aromatic heterocycles. The summed E-state index contributed by atoms with van der Waals surface area (Å²) in [6.45, 7) is 0.0656. The number of nitrogens with two attached hydrogens (primary N) is 1. The largest absolute Gasteiger partial charge is 0.337 e. The van der Waals surface area contributed by atoms with Gasteiger partial charge in [0, 0.05) is 6.42 Å². The molecular weight excluding hydrogens is 213 g/mol. The Balaban J connectivity index is 2.08. The van der Waals surface area contributed by atoms with E-state index in [1.165, 1.54) is 12.1 Å². The summed E-state index contributed by atoms with van der Waals surface area (Å²) >= 11 is 0. The first kappa shape index (κ1) is 10.7. The maximum Gasteiger partial charge on any atom is 0.254 e. The fourth-order valence-corrected chi connectivity index (χ4v) is 1.32. The zero-order valence-electron chi connectivity index (χ0n) is 8.39. The van der Waals surface area contributed by atoms with Crippen molar-refractivity contribution in [2.24, 2.45) is 5.90 Å². The predicted octanol–water partition coefficient (Wildman–Crippen LogP) is 1.19.